The molecule has 0 aliphatic heterocycles. The number of hydrogen-bond acceptors (Lipinski definition) is 3. The van der Waals surface area contributed by atoms with Crippen molar-refractivity contribution in [3.63, 3.8) is 0 Å². The second-order valence-corrected chi connectivity index (χ2v) is 7.71. The van der Waals surface area contributed by atoms with Crippen molar-refractivity contribution >= 4 is 12.0 Å². The van der Waals surface area contributed by atoms with Crippen LogP contribution in [0.15, 0.2) is 115 Å². The van der Waals surface area contributed by atoms with E-state index in [4.69, 9.17) is 4.74 Å². The van der Waals surface area contributed by atoms with Crippen molar-refractivity contribution in [3.8, 4) is 0 Å². The molecule has 0 amide bonds. The van der Waals surface area contributed by atoms with Crippen LogP contribution in [0.4, 0.5) is 0 Å². The minimum atomic E-state index is -0.449. The monoisotopic (exact) mass is 419 g/mol. The molecule has 4 aromatic rings. The summed E-state index contributed by atoms with van der Waals surface area (Å²) in [6.07, 6.45) is 5.90. The molecule has 3 nitrogen and oxygen atoms in total. The van der Waals surface area contributed by atoms with Crippen LogP contribution < -0.4 is 0 Å². The van der Waals surface area contributed by atoms with Crippen molar-refractivity contribution in [2.45, 2.75) is 19.4 Å². The molecule has 0 N–H and O–H groups in total. The predicted octanol–water partition coefficient (Wildman–Crippen LogP) is 6.41. The van der Waals surface area contributed by atoms with Crippen LogP contribution in [0.2, 0.25) is 0 Å². The first-order chi connectivity index (χ1) is 15.7. The third-order valence-corrected chi connectivity index (χ3v) is 5.25. The van der Waals surface area contributed by atoms with Gasteiger partial charge in [0.05, 0.1) is 0 Å². The summed E-state index contributed by atoms with van der Waals surface area (Å²) in [6.45, 7) is 1.79. The summed E-state index contributed by atoms with van der Waals surface area (Å²) in [5.74, 6) is -0.331. The highest BCUT2D eigenvalue weighted by Gasteiger charge is 2.19. The van der Waals surface area contributed by atoms with Crippen LogP contribution in [0.5, 0.6) is 0 Å². The number of aromatic nitrogens is 1. The van der Waals surface area contributed by atoms with Crippen molar-refractivity contribution in [2.75, 3.05) is 0 Å². The first-order valence-corrected chi connectivity index (χ1v) is 10.7. The zero-order valence-electron chi connectivity index (χ0n) is 18.0. The first-order valence-electron chi connectivity index (χ1n) is 10.7. The molecule has 0 spiro atoms. The van der Waals surface area contributed by atoms with Crippen LogP contribution in [0.1, 0.15) is 40.8 Å². The number of hydrogen-bond donors (Lipinski definition) is 0. The quantitative estimate of drug-likeness (QED) is 0.257. The van der Waals surface area contributed by atoms with E-state index in [-0.39, 0.29) is 5.97 Å². The summed E-state index contributed by atoms with van der Waals surface area (Å²) in [5.41, 5.74) is 5.78. The Hall–Kier alpha value is -3.98. The van der Waals surface area contributed by atoms with Crippen LogP contribution in [0.25, 0.3) is 6.08 Å². The van der Waals surface area contributed by atoms with E-state index in [0.29, 0.717) is 5.57 Å². The molecule has 3 heteroatoms. The van der Waals surface area contributed by atoms with Crippen molar-refractivity contribution in [1.29, 1.82) is 0 Å². The normalized spacial score (nSPS) is 11.4. The van der Waals surface area contributed by atoms with E-state index in [1.807, 2.05) is 91.1 Å². The molecule has 4 rings (SSSR count). The van der Waals surface area contributed by atoms with Gasteiger partial charge in [-0.1, -0.05) is 91.0 Å². The number of ether oxygens (including phenoxy) is 1. The van der Waals surface area contributed by atoms with E-state index < -0.39 is 6.10 Å². The topological polar surface area (TPSA) is 39.2 Å². The molecule has 158 valence electrons. The van der Waals surface area contributed by atoms with Gasteiger partial charge in [0.2, 0.25) is 0 Å². The molecule has 0 saturated carbocycles. The molecular formula is C29H25NO2. The number of rotatable bonds is 7. The van der Waals surface area contributed by atoms with Gasteiger partial charge in [0, 0.05) is 18.0 Å². The second kappa shape index (κ2) is 10.4. The third-order valence-electron chi connectivity index (χ3n) is 5.25. The average molecular weight is 420 g/mol. The lowest BCUT2D eigenvalue weighted by atomic mass is 10.0. The van der Waals surface area contributed by atoms with E-state index in [1.54, 1.807) is 13.1 Å². The minimum absolute atomic E-state index is 0.331. The van der Waals surface area contributed by atoms with Gasteiger partial charge in [0.15, 0.2) is 6.10 Å². The number of benzene rings is 3. The summed E-state index contributed by atoms with van der Waals surface area (Å²) < 4.78 is 5.95. The molecule has 1 heterocycles. The Bertz CT molecular complexity index is 1130. The summed E-state index contributed by atoms with van der Waals surface area (Å²) in [5, 5.41) is 0. The van der Waals surface area contributed by atoms with Crippen LogP contribution in [-0.4, -0.2) is 11.0 Å². The van der Waals surface area contributed by atoms with Crippen LogP contribution in [0.3, 0.4) is 0 Å². The fourth-order valence-corrected chi connectivity index (χ4v) is 3.56. The lowest BCUT2D eigenvalue weighted by Gasteiger charge is -2.19. The Kier molecular flexibility index (Phi) is 6.88. The number of esters is 1. The van der Waals surface area contributed by atoms with E-state index in [2.05, 4.69) is 23.2 Å². The standard InChI is InChI=1S/C29H25NO2/c1-22(19-23-14-16-24(17-15-23)20-25-9-8-18-30-21-25)29(31)32-28(26-10-4-2-5-11-26)27-12-6-3-7-13-27/h2-19,21,28H,20H2,1H3/b22-19+. The largest absolute Gasteiger partial charge is 0.449 e. The van der Waals surface area contributed by atoms with E-state index in [1.165, 1.54) is 11.1 Å². The molecule has 0 atom stereocenters. The Morgan fingerprint density at radius 2 is 1.44 bits per heavy atom. The predicted molar refractivity (Wildman–Crippen MR) is 128 cm³/mol. The van der Waals surface area contributed by atoms with Crippen molar-refractivity contribution in [3.05, 3.63) is 143 Å². The molecule has 0 unspecified atom stereocenters. The Balaban J connectivity index is 1.48. The number of nitrogens with zero attached hydrogens (tertiary/aromatic N) is 1. The molecule has 3 aromatic carbocycles. The fraction of sp³-hybridized carbons (Fsp3) is 0.103. The minimum Gasteiger partial charge on any atom is -0.449 e. The zero-order valence-corrected chi connectivity index (χ0v) is 18.0. The maximum Gasteiger partial charge on any atom is 0.334 e. The SMILES string of the molecule is C/C(=C\c1ccc(Cc2cccnc2)cc1)C(=O)OC(c1ccccc1)c1ccccc1. The first kappa shape index (κ1) is 21.3. The molecule has 0 aliphatic carbocycles. The molecule has 1 aromatic heterocycles. The number of pyridine rings is 1. The lowest BCUT2D eigenvalue weighted by Crippen LogP contribution is -2.13. The fourth-order valence-electron chi connectivity index (χ4n) is 3.56. The highest BCUT2D eigenvalue weighted by molar-refractivity contribution is 5.93. The number of carbonyl (C=O) groups is 1. The van der Waals surface area contributed by atoms with Crippen molar-refractivity contribution in [1.82, 2.24) is 4.98 Å². The van der Waals surface area contributed by atoms with Gasteiger partial charge in [0.1, 0.15) is 0 Å². The Labute approximate surface area is 189 Å². The molecule has 0 saturated heterocycles. The summed E-state index contributed by atoms with van der Waals surface area (Å²) >= 11 is 0. The van der Waals surface area contributed by atoms with Gasteiger partial charge in [-0.15, -0.1) is 0 Å². The van der Waals surface area contributed by atoms with E-state index in [0.717, 1.165) is 23.1 Å². The van der Waals surface area contributed by atoms with E-state index >= 15 is 0 Å². The van der Waals surface area contributed by atoms with Crippen LogP contribution >= 0.6 is 0 Å². The second-order valence-electron chi connectivity index (χ2n) is 7.71. The summed E-state index contributed by atoms with van der Waals surface area (Å²) in [4.78, 5) is 17.1. The van der Waals surface area contributed by atoms with Gasteiger partial charge in [-0.3, -0.25) is 4.98 Å². The van der Waals surface area contributed by atoms with Gasteiger partial charge < -0.3 is 4.74 Å². The molecule has 0 bridgehead atoms. The maximum absolute atomic E-state index is 12.9. The van der Waals surface area contributed by atoms with Gasteiger partial charge in [-0.05, 0) is 53.3 Å². The maximum atomic E-state index is 12.9. The summed E-state index contributed by atoms with van der Waals surface area (Å²) in [6, 6.07) is 31.8. The van der Waals surface area contributed by atoms with Gasteiger partial charge in [-0.25, -0.2) is 4.79 Å². The molecule has 0 aliphatic rings. The Morgan fingerprint density at radius 1 is 0.812 bits per heavy atom. The molecule has 0 radical (unpaired) electrons. The van der Waals surface area contributed by atoms with Crippen LogP contribution in [-0.2, 0) is 16.0 Å². The molecule has 32 heavy (non-hydrogen) atoms. The van der Waals surface area contributed by atoms with Crippen molar-refractivity contribution < 1.29 is 9.53 Å². The third kappa shape index (κ3) is 5.58. The average Bonchev–Trinajstić information content (AvgIpc) is 2.85. The van der Waals surface area contributed by atoms with Crippen molar-refractivity contribution in [2.24, 2.45) is 0 Å². The molecule has 0 fully saturated rings. The van der Waals surface area contributed by atoms with Gasteiger partial charge in [0.25, 0.3) is 0 Å². The molecular weight excluding hydrogens is 394 g/mol. The zero-order chi connectivity index (χ0) is 22.2. The van der Waals surface area contributed by atoms with E-state index in [9.17, 15) is 4.79 Å². The van der Waals surface area contributed by atoms with Gasteiger partial charge >= 0.3 is 5.97 Å². The highest BCUT2D eigenvalue weighted by Crippen LogP contribution is 2.27. The van der Waals surface area contributed by atoms with Crippen LogP contribution in [0, 0.1) is 0 Å². The Morgan fingerprint density at radius 3 is 2.00 bits per heavy atom. The summed E-state index contributed by atoms with van der Waals surface area (Å²) in [7, 11) is 0. The number of carbonyl (C=O) groups excluding carboxylic acids is 1. The smallest absolute Gasteiger partial charge is 0.334 e. The van der Waals surface area contributed by atoms with Gasteiger partial charge in [-0.2, -0.15) is 0 Å². The lowest BCUT2D eigenvalue weighted by molar-refractivity contribution is -0.142. The highest BCUT2D eigenvalue weighted by atomic mass is 16.5.